The average Bonchev–Trinajstić information content (AvgIpc) is 2.86. The lowest BCUT2D eigenvalue weighted by molar-refractivity contribution is -0.134. The summed E-state index contributed by atoms with van der Waals surface area (Å²) in [4.78, 5) is 17.5. The predicted molar refractivity (Wildman–Crippen MR) is 131 cm³/mol. The molecule has 0 atom stereocenters. The van der Waals surface area contributed by atoms with Crippen LogP contribution in [0.25, 0.3) is 0 Å². The molecule has 180 valence electrons. The molecule has 2 aromatic carbocycles. The van der Waals surface area contributed by atoms with Crippen LogP contribution in [0.3, 0.4) is 0 Å². The van der Waals surface area contributed by atoms with E-state index in [4.69, 9.17) is 14.2 Å². The standard InChI is InChI=1S/C27H38N2O4/c1-3-4-19-32-24-11-13-25(14-12-24)33-22-27(30)29(18-17-28-15-6-5-7-16-28)21-23-9-8-10-26(20-23)31-2/h8-14,20H,3-7,15-19,21-22H2,1-2H3. The van der Waals surface area contributed by atoms with Crippen molar-refractivity contribution in [2.24, 2.45) is 0 Å². The predicted octanol–water partition coefficient (Wildman–Crippen LogP) is 4.77. The van der Waals surface area contributed by atoms with Crippen molar-refractivity contribution in [1.29, 1.82) is 0 Å². The highest BCUT2D eigenvalue weighted by atomic mass is 16.5. The van der Waals surface area contributed by atoms with Gasteiger partial charge in [-0.1, -0.05) is 31.9 Å². The lowest BCUT2D eigenvalue weighted by atomic mass is 10.1. The molecular weight excluding hydrogens is 416 g/mol. The summed E-state index contributed by atoms with van der Waals surface area (Å²) in [5.41, 5.74) is 1.05. The zero-order valence-corrected chi connectivity index (χ0v) is 20.1. The Bertz CT molecular complexity index is 834. The van der Waals surface area contributed by atoms with Crippen molar-refractivity contribution in [3.8, 4) is 17.2 Å². The average molecular weight is 455 g/mol. The number of benzene rings is 2. The van der Waals surface area contributed by atoms with Crippen LogP contribution in [0.2, 0.25) is 0 Å². The number of rotatable bonds is 13. The van der Waals surface area contributed by atoms with Crippen molar-refractivity contribution >= 4 is 5.91 Å². The Kier molecular flexibility index (Phi) is 10.4. The van der Waals surface area contributed by atoms with Gasteiger partial charge in [-0.2, -0.15) is 0 Å². The molecule has 3 rings (SSSR count). The van der Waals surface area contributed by atoms with Gasteiger partial charge in [0.2, 0.25) is 0 Å². The van der Waals surface area contributed by atoms with Gasteiger partial charge in [0.15, 0.2) is 6.61 Å². The second-order valence-corrected chi connectivity index (χ2v) is 8.53. The number of nitrogens with zero attached hydrogens (tertiary/aromatic N) is 2. The number of carbonyl (C=O) groups is 1. The third-order valence-electron chi connectivity index (χ3n) is 5.95. The second kappa shape index (κ2) is 13.7. The summed E-state index contributed by atoms with van der Waals surface area (Å²) in [7, 11) is 1.66. The normalized spacial score (nSPS) is 14.0. The third kappa shape index (κ3) is 8.61. The van der Waals surface area contributed by atoms with Crippen LogP contribution in [0, 0.1) is 0 Å². The molecule has 0 aromatic heterocycles. The first-order chi connectivity index (χ1) is 16.2. The van der Waals surface area contributed by atoms with Gasteiger partial charge >= 0.3 is 0 Å². The minimum Gasteiger partial charge on any atom is -0.497 e. The minimum atomic E-state index is -0.0156. The SMILES string of the molecule is CCCCOc1ccc(OCC(=O)N(CCN2CCCCC2)Cc2cccc(OC)c2)cc1. The van der Waals surface area contributed by atoms with Crippen molar-refractivity contribution in [3.63, 3.8) is 0 Å². The van der Waals surface area contributed by atoms with Gasteiger partial charge in [0.1, 0.15) is 17.2 Å². The van der Waals surface area contributed by atoms with E-state index in [2.05, 4.69) is 11.8 Å². The monoisotopic (exact) mass is 454 g/mol. The molecule has 1 heterocycles. The van der Waals surface area contributed by atoms with Gasteiger partial charge in [0.25, 0.3) is 5.91 Å². The smallest absolute Gasteiger partial charge is 0.260 e. The number of hydrogen-bond donors (Lipinski definition) is 0. The maximum atomic E-state index is 13.1. The molecule has 0 bridgehead atoms. The molecule has 1 aliphatic rings. The fourth-order valence-electron chi connectivity index (χ4n) is 3.93. The van der Waals surface area contributed by atoms with Gasteiger partial charge in [-0.15, -0.1) is 0 Å². The van der Waals surface area contributed by atoms with E-state index >= 15 is 0 Å². The largest absolute Gasteiger partial charge is 0.497 e. The van der Waals surface area contributed by atoms with Gasteiger partial charge in [-0.05, 0) is 74.3 Å². The van der Waals surface area contributed by atoms with Crippen LogP contribution in [-0.2, 0) is 11.3 Å². The van der Waals surface area contributed by atoms with E-state index in [1.165, 1.54) is 19.3 Å². The van der Waals surface area contributed by atoms with Crippen LogP contribution < -0.4 is 14.2 Å². The van der Waals surface area contributed by atoms with Gasteiger partial charge in [0, 0.05) is 19.6 Å². The van der Waals surface area contributed by atoms with E-state index in [0.29, 0.717) is 25.4 Å². The number of unbranched alkanes of at least 4 members (excludes halogenated alkanes) is 1. The van der Waals surface area contributed by atoms with E-state index < -0.39 is 0 Å². The maximum Gasteiger partial charge on any atom is 0.260 e. The summed E-state index contributed by atoms with van der Waals surface area (Å²) in [6, 6.07) is 15.4. The summed E-state index contributed by atoms with van der Waals surface area (Å²) in [5.74, 6) is 2.28. The van der Waals surface area contributed by atoms with Crippen LogP contribution in [0.1, 0.15) is 44.6 Å². The first-order valence-corrected chi connectivity index (χ1v) is 12.2. The number of carbonyl (C=O) groups excluding carboxylic acids is 1. The summed E-state index contributed by atoms with van der Waals surface area (Å²) in [6.45, 7) is 7.21. The zero-order chi connectivity index (χ0) is 23.3. The van der Waals surface area contributed by atoms with Gasteiger partial charge in [0.05, 0.1) is 13.7 Å². The molecule has 0 aliphatic carbocycles. The van der Waals surface area contributed by atoms with Crippen LogP contribution in [0.4, 0.5) is 0 Å². The number of piperidine rings is 1. The Morgan fingerprint density at radius 3 is 2.39 bits per heavy atom. The number of ether oxygens (including phenoxy) is 3. The molecule has 0 unspecified atom stereocenters. The Balaban J connectivity index is 1.57. The van der Waals surface area contributed by atoms with Gasteiger partial charge in [-0.3, -0.25) is 4.79 Å². The van der Waals surface area contributed by atoms with Crippen molar-refractivity contribution < 1.29 is 19.0 Å². The Labute approximate surface area is 198 Å². The molecule has 6 nitrogen and oxygen atoms in total. The van der Waals surface area contributed by atoms with E-state index in [0.717, 1.165) is 49.5 Å². The van der Waals surface area contributed by atoms with Gasteiger partial charge in [-0.25, -0.2) is 0 Å². The van der Waals surface area contributed by atoms with Crippen LogP contribution in [0.15, 0.2) is 48.5 Å². The molecule has 0 radical (unpaired) electrons. The lowest BCUT2D eigenvalue weighted by Gasteiger charge is -2.30. The second-order valence-electron chi connectivity index (χ2n) is 8.53. The minimum absolute atomic E-state index is 0.0139. The fraction of sp³-hybridized carbons (Fsp3) is 0.519. The highest BCUT2D eigenvalue weighted by molar-refractivity contribution is 5.77. The summed E-state index contributed by atoms with van der Waals surface area (Å²) in [5, 5.41) is 0. The Morgan fingerprint density at radius 2 is 1.70 bits per heavy atom. The summed E-state index contributed by atoms with van der Waals surface area (Å²) in [6.07, 6.45) is 5.93. The lowest BCUT2D eigenvalue weighted by Crippen LogP contribution is -2.41. The Morgan fingerprint density at radius 1 is 0.970 bits per heavy atom. The van der Waals surface area contributed by atoms with Crippen molar-refractivity contribution in [2.75, 3.05) is 46.5 Å². The number of amides is 1. The molecule has 2 aromatic rings. The first kappa shape index (κ1) is 24.9. The molecule has 33 heavy (non-hydrogen) atoms. The zero-order valence-electron chi connectivity index (χ0n) is 20.1. The molecular formula is C27H38N2O4. The fourth-order valence-corrected chi connectivity index (χ4v) is 3.93. The van der Waals surface area contributed by atoms with E-state index in [-0.39, 0.29) is 12.5 Å². The van der Waals surface area contributed by atoms with E-state index in [9.17, 15) is 4.79 Å². The van der Waals surface area contributed by atoms with E-state index in [1.807, 2.05) is 53.4 Å². The topological polar surface area (TPSA) is 51.2 Å². The van der Waals surface area contributed by atoms with Crippen LogP contribution >= 0.6 is 0 Å². The molecule has 6 heteroatoms. The van der Waals surface area contributed by atoms with Crippen molar-refractivity contribution in [2.45, 2.75) is 45.6 Å². The summed E-state index contributed by atoms with van der Waals surface area (Å²) >= 11 is 0. The Hall–Kier alpha value is -2.73. The van der Waals surface area contributed by atoms with Gasteiger partial charge < -0.3 is 24.0 Å². The van der Waals surface area contributed by atoms with Crippen molar-refractivity contribution in [1.82, 2.24) is 9.80 Å². The number of hydrogen-bond acceptors (Lipinski definition) is 5. The third-order valence-corrected chi connectivity index (χ3v) is 5.95. The molecule has 1 fully saturated rings. The van der Waals surface area contributed by atoms with Crippen LogP contribution in [0.5, 0.6) is 17.2 Å². The molecule has 0 saturated carbocycles. The maximum absolute atomic E-state index is 13.1. The molecule has 1 amide bonds. The molecule has 1 aliphatic heterocycles. The molecule has 0 spiro atoms. The quantitative estimate of drug-likeness (QED) is 0.408. The number of likely N-dealkylation sites (tertiary alicyclic amines) is 1. The first-order valence-electron chi connectivity index (χ1n) is 12.2. The van der Waals surface area contributed by atoms with Crippen LogP contribution in [-0.4, -0.2) is 62.2 Å². The molecule has 1 saturated heterocycles. The summed E-state index contributed by atoms with van der Waals surface area (Å²) < 4.78 is 16.9. The van der Waals surface area contributed by atoms with E-state index in [1.54, 1.807) is 7.11 Å². The van der Waals surface area contributed by atoms with Crippen molar-refractivity contribution in [3.05, 3.63) is 54.1 Å². The molecule has 0 N–H and O–H groups in total. The highest BCUT2D eigenvalue weighted by Crippen LogP contribution is 2.19. The number of methoxy groups -OCH3 is 1. The highest BCUT2D eigenvalue weighted by Gasteiger charge is 2.18.